The van der Waals surface area contributed by atoms with Crippen LogP contribution in [0, 0.1) is 0 Å². The molecule has 31 heavy (non-hydrogen) atoms. The van der Waals surface area contributed by atoms with Crippen molar-refractivity contribution in [1.82, 2.24) is 9.55 Å². The highest BCUT2D eigenvalue weighted by atomic mass is 32.2. The van der Waals surface area contributed by atoms with Crippen LogP contribution in [0.5, 0.6) is 0 Å². The van der Waals surface area contributed by atoms with Gasteiger partial charge >= 0.3 is 0 Å². The van der Waals surface area contributed by atoms with Crippen molar-refractivity contribution in [2.75, 3.05) is 5.32 Å². The fraction of sp³-hybridized carbons (Fsp3) is 0.160. The van der Waals surface area contributed by atoms with E-state index in [2.05, 4.69) is 10.3 Å². The first-order valence-corrected chi connectivity index (χ1v) is 11.1. The van der Waals surface area contributed by atoms with Crippen LogP contribution in [0.4, 0.5) is 5.69 Å². The van der Waals surface area contributed by atoms with Gasteiger partial charge in [0.25, 0.3) is 5.56 Å². The molecule has 3 aromatic carbocycles. The van der Waals surface area contributed by atoms with Crippen LogP contribution in [0.1, 0.15) is 13.8 Å². The Morgan fingerprint density at radius 3 is 2.45 bits per heavy atom. The zero-order valence-corrected chi connectivity index (χ0v) is 18.2. The molecule has 156 valence electrons. The SMILES string of the molecule is CCn1c(SC(C)C(=O)Nc2ccccc2-c2ccccc2)nc2ccccc2c1=O. The van der Waals surface area contributed by atoms with Crippen molar-refractivity contribution in [3.63, 3.8) is 0 Å². The van der Waals surface area contributed by atoms with Crippen LogP contribution in [0.25, 0.3) is 22.0 Å². The molecule has 0 saturated carbocycles. The van der Waals surface area contributed by atoms with Crippen LogP contribution in [0.15, 0.2) is 88.8 Å². The number of amides is 1. The quantitative estimate of drug-likeness (QED) is 0.338. The normalized spacial score (nSPS) is 11.9. The van der Waals surface area contributed by atoms with Gasteiger partial charge in [-0.2, -0.15) is 0 Å². The molecule has 1 unspecified atom stereocenters. The standard InChI is InChI=1S/C25H23N3O2S/c1-3-28-24(30)20-14-8-10-16-22(20)27-25(28)31-17(2)23(29)26-21-15-9-7-13-19(21)18-11-5-4-6-12-18/h4-17H,3H2,1-2H3,(H,26,29). The molecule has 1 N–H and O–H groups in total. The Labute approximate surface area is 185 Å². The Morgan fingerprint density at radius 2 is 1.68 bits per heavy atom. The van der Waals surface area contributed by atoms with Crippen molar-refractivity contribution >= 4 is 34.3 Å². The molecule has 1 aromatic heterocycles. The van der Waals surface area contributed by atoms with E-state index in [1.54, 1.807) is 10.6 Å². The first kappa shape index (κ1) is 20.9. The van der Waals surface area contributed by atoms with Crippen LogP contribution >= 0.6 is 11.8 Å². The van der Waals surface area contributed by atoms with Crippen LogP contribution in [-0.4, -0.2) is 20.7 Å². The maximum absolute atomic E-state index is 13.0. The smallest absolute Gasteiger partial charge is 0.262 e. The summed E-state index contributed by atoms with van der Waals surface area (Å²) in [4.78, 5) is 30.5. The lowest BCUT2D eigenvalue weighted by Gasteiger charge is -2.17. The van der Waals surface area contributed by atoms with Crippen LogP contribution in [0.3, 0.4) is 0 Å². The summed E-state index contributed by atoms with van der Waals surface area (Å²) in [6, 6.07) is 25.0. The van der Waals surface area contributed by atoms with Gasteiger partial charge in [0.1, 0.15) is 0 Å². The third-order valence-corrected chi connectivity index (χ3v) is 6.15. The van der Waals surface area contributed by atoms with E-state index in [1.165, 1.54) is 11.8 Å². The summed E-state index contributed by atoms with van der Waals surface area (Å²) in [6.07, 6.45) is 0. The minimum atomic E-state index is -0.435. The second-order valence-corrected chi connectivity index (χ2v) is 8.43. The number of fused-ring (bicyclic) bond motifs is 1. The Bertz CT molecular complexity index is 1280. The number of carbonyl (C=O) groups is 1. The van der Waals surface area contributed by atoms with Gasteiger partial charge in [0.15, 0.2) is 5.16 Å². The Balaban J connectivity index is 1.59. The van der Waals surface area contributed by atoms with Gasteiger partial charge in [0, 0.05) is 17.8 Å². The minimum absolute atomic E-state index is 0.0855. The van der Waals surface area contributed by atoms with Gasteiger partial charge in [0.05, 0.1) is 16.2 Å². The molecule has 4 rings (SSSR count). The average Bonchev–Trinajstić information content (AvgIpc) is 2.80. The number of hydrogen-bond donors (Lipinski definition) is 1. The van der Waals surface area contributed by atoms with E-state index in [-0.39, 0.29) is 11.5 Å². The van der Waals surface area contributed by atoms with Crippen LogP contribution in [0.2, 0.25) is 0 Å². The van der Waals surface area contributed by atoms with Crippen molar-refractivity contribution in [2.24, 2.45) is 0 Å². The molecule has 0 saturated heterocycles. The number of carbonyl (C=O) groups excluding carboxylic acids is 1. The highest BCUT2D eigenvalue weighted by Crippen LogP contribution is 2.29. The topological polar surface area (TPSA) is 64.0 Å². The van der Waals surface area contributed by atoms with Gasteiger partial charge in [-0.05, 0) is 37.6 Å². The molecular weight excluding hydrogens is 406 g/mol. The number of thioether (sulfide) groups is 1. The van der Waals surface area contributed by atoms with E-state index in [0.29, 0.717) is 22.6 Å². The van der Waals surface area contributed by atoms with Gasteiger partial charge in [0.2, 0.25) is 5.91 Å². The van der Waals surface area contributed by atoms with Gasteiger partial charge in [-0.1, -0.05) is 72.4 Å². The lowest BCUT2D eigenvalue weighted by Crippen LogP contribution is -2.26. The molecule has 0 bridgehead atoms. The number of hydrogen-bond acceptors (Lipinski definition) is 4. The van der Waals surface area contributed by atoms with Crippen LogP contribution in [-0.2, 0) is 11.3 Å². The van der Waals surface area contributed by atoms with Crippen molar-refractivity contribution in [3.8, 4) is 11.1 Å². The number of nitrogens with one attached hydrogen (secondary N) is 1. The lowest BCUT2D eigenvalue weighted by atomic mass is 10.0. The predicted octanol–water partition coefficient (Wildman–Crippen LogP) is 5.20. The summed E-state index contributed by atoms with van der Waals surface area (Å²) >= 11 is 1.29. The van der Waals surface area contributed by atoms with Crippen molar-refractivity contribution in [2.45, 2.75) is 30.8 Å². The third kappa shape index (κ3) is 4.39. The maximum atomic E-state index is 13.0. The molecular formula is C25H23N3O2S. The monoisotopic (exact) mass is 429 g/mol. The number of nitrogens with zero attached hydrogens (tertiary/aromatic N) is 2. The Morgan fingerprint density at radius 1 is 1.00 bits per heavy atom. The number of benzene rings is 3. The predicted molar refractivity (Wildman–Crippen MR) is 128 cm³/mol. The van der Waals surface area contributed by atoms with E-state index in [1.807, 2.05) is 86.6 Å². The van der Waals surface area contributed by atoms with Gasteiger partial charge in [-0.25, -0.2) is 4.98 Å². The highest BCUT2D eigenvalue weighted by molar-refractivity contribution is 8.00. The largest absolute Gasteiger partial charge is 0.325 e. The third-order valence-electron chi connectivity index (χ3n) is 5.06. The number of aromatic nitrogens is 2. The molecule has 1 amide bonds. The van der Waals surface area contributed by atoms with E-state index in [9.17, 15) is 9.59 Å². The first-order valence-electron chi connectivity index (χ1n) is 10.2. The zero-order chi connectivity index (χ0) is 21.8. The van der Waals surface area contributed by atoms with E-state index < -0.39 is 5.25 Å². The first-order chi connectivity index (χ1) is 15.1. The minimum Gasteiger partial charge on any atom is -0.325 e. The van der Waals surface area contributed by atoms with Crippen molar-refractivity contribution in [1.29, 1.82) is 0 Å². The fourth-order valence-electron chi connectivity index (χ4n) is 3.42. The van der Waals surface area contributed by atoms with Crippen LogP contribution < -0.4 is 10.9 Å². The van der Waals surface area contributed by atoms with Crippen molar-refractivity contribution in [3.05, 3.63) is 89.2 Å². The lowest BCUT2D eigenvalue weighted by molar-refractivity contribution is -0.115. The summed E-state index contributed by atoms with van der Waals surface area (Å²) in [7, 11) is 0. The van der Waals surface area contributed by atoms with Gasteiger partial charge in [-0.3, -0.25) is 14.2 Å². The molecule has 0 radical (unpaired) electrons. The van der Waals surface area contributed by atoms with E-state index in [0.717, 1.165) is 16.8 Å². The number of rotatable bonds is 6. The molecule has 0 aliphatic carbocycles. The molecule has 1 atom stereocenters. The second kappa shape index (κ2) is 9.18. The number of para-hydroxylation sites is 2. The number of anilines is 1. The van der Waals surface area contributed by atoms with E-state index in [4.69, 9.17) is 0 Å². The van der Waals surface area contributed by atoms with Crippen molar-refractivity contribution < 1.29 is 4.79 Å². The summed E-state index contributed by atoms with van der Waals surface area (Å²) in [6.45, 7) is 4.22. The molecule has 0 aliphatic heterocycles. The van der Waals surface area contributed by atoms with Gasteiger partial charge in [-0.15, -0.1) is 0 Å². The molecule has 6 heteroatoms. The molecule has 4 aromatic rings. The fourth-order valence-corrected chi connectivity index (χ4v) is 4.40. The second-order valence-electron chi connectivity index (χ2n) is 7.12. The summed E-state index contributed by atoms with van der Waals surface area (Å²) in [5, 5.41) is 3.74. The maximum Gasteiger partial charge on any atom is 0.262 e. The Hall–Kier alpha value is -3.38. The Kier molecular flexibility index (Phi) is 6.18. The van der Waals surface area contributed by atoms with E-state index >= 15 is 0 Å². The zero-order valence-electron chi connectivity index (χ0n) is 17.4. The molecule has 5 nitrogen and oxygen atoms in total. The summed E-state index contributed by atoms with van der Waals surface area (Å²) in [5.74, 6) is -0.140. The summed E-state index contributed by atoms with van der Waals surface area (Å²) < 4.78 is 1.62. The average molecular weight is 430 g/mol. The molecule has 0 spiro atoms. The summed E-state index contributed by atoms with van der Waals surface area (Å²) in [5.41, 5.74) is 3.31. The highest BCUT2D eigenvalue weighted by Gasteiger charge is 2.20. The molecule has 0 aliphatic rings. The van der Waals surface area contributed by atoms with Gasteiger partial charge < -0.3 is 5.32 Å². The molecule has 1 heterocycles. The molecule has 0 fully saturated rings.